The summed E-state index contributed by atoms with van der Waals surface area (Å²) in [5, 5.41) is 12.5. The van der Waals surface area contributed by atoms with Gasteiger partial charge in [0.15, 0.2) is 0 Å². The zero-order chi connectivity index (χ0) is 15.1. The molecule has 0 aliphatic rings. The van der Waals surface area contributed by atoms with E-state index in [-0.39, 0.29) is 18.2 Å². The van der Waals surface area contributed by atoms with Crippen molar-refractivity contribution in [3.63, 3.8) is 0 Å². The number of aromatic amines is 1. The fourth-order valence-corrected chi connectivity index (χ4v) is 2.63. The molecule has 5 nitrogen and oxygen atoms in total. The SMILES string of the molecule is CCCC(CCO)CNC(C)c1c(C)nc(C)[nH]c1=O. The third-order valence-corrected chi connectivity index (χ3v) is 3.64. The van der Waals surface area contributed by atoms with Crippen molar-refractivity contribution in [2.45, 2.75) is 53.0 Å². The summed E-state index contributed by atoms with van der Waals surface area (Å²) >= 11 is 0. The Kier molecular flexibility index (Phi) is 6.88. The molecule has 2 unspecified atom stereocenters. The number of rotatable bonds is 8. The molecule has 114 valence electrons. The highest BCUT2D eigenvalue weighted by Crippen LogP contribution is 2.14. The third-order valence-electron chi connectivity index (χ3n) is 3.64. The van der Waals surface area contributed by atoms with Crippen molar-refractivity contribution in [1.82, 2.24) is 15.3 Å². The minimum atomic E-state index is -0.0656. The highest BCUT2D eigenvalue weighted by molar-refractivity contribution is 5.19. The van der Waals surface area contributed by atoms with Crippen molar-refractivity contribution in [3.05, 3.63) is 27.4 Å². The molecule has 5 heteroatoms. The van der Waals surface area contributed by atoms with E-state index < -0.39 is 0 Å². The van der Waals surface area contributed by atoms with Gasteiger partial charge in [-0.25, -0.2) is 4.98 Å². The molecule has 1 rings (SSSR count). The molecular weight excluding hydrogens is 254 g/mol. The summed E-state index contributed by atoms with van der Waals surface area (Å²) in [5.74, 6) is 1.10. The van der Waals surface area contributed by atoms with Crippen molar-refractivity contribution in [3.8, 4) is 0 Å². The van der Waals surface area contributed by atoms with Crippen LogP contribution in [0.15, 0.2) is 4.79 Å². The number of aryl methyl sites for hydroxylation is 2. The van der Waals surface area contributed by atoms with Crippen molar-refractivity contribution in [2.24, 2.45) is 5.92 Å². The summed E-state index contributed by atoms with van der Waals surface area (Å²) in [6.45, 7) is 8.81. The van der Waals surface area contributed by atoms with Gasteiger partial charge < -0.3 is 15.4 Å². The van der Waals surface area contributed by atoms with Crippen LogP contribution in [0.4, 0.5) is 0 Å². The fourth-order valence-electron chi connectivity index (χ4n) is 2.63. The molecule has 0 aromatic carbocycles. The first-order valence-electron chi connectivity index (χ1n) is 7.41. The van der Waals surface area contributed by atoms with E-state index >= 15 is 0 Å². The standard InChI is InChI=1S/C15H27N3O2/c1-5-6-13(7-8-19)9-16-10(2)14-11(3)17-12(4)18-15(14)20/h10,13,16,19H,5-9H2,1-4H3,(H,17,18,20). The summed E-state index contributed by atoms with van der Waals surface area (Å²) in [4.78, 5) is 19.1. The van der Waals surface area contributed by atoms with E-state index in [1.807, 2.05) is 13.8 Å². The Morgan fingerprint density at radius 1 is 1.35 bits per heavy atom. The fraction of sp³-hybridized carbons (Fsp3) is 0.733. The summed E-state index contributed by atoms with van der Waals surface area (Å²) in [5.41, 5.74) is 1.42. The predicted molar refractivity (Wildman–Crippen MR) is 80.9 cm³/mol. The van der Waals surface area contributed by atoms with Crippen LogP contribution in [0.2, 0.25) is 0 Å². The smallest absolute Gasteiger partial charge is 0.255 e. The van der Waals surface area contributed by atoms with Gasteiger partial charge in [0, 0.05) is 18.3 Å². The highest BCUT2D eigenvalue weighted by Gasteiger charge is 2.16. The summed E-state index contributed by atoms with van der Waals surface area (Å²) in [6, 6.07) is -0.0371. The lowest BCUT2D eigenvalue weighted by Gasteiger charge is -2.20. The number of hydrogen-bond acceptors (Lipinski definition) is 4. The monoisotopic (exact) mass is 281 g/mol. The molecular formula is C15H27N3O2. The lowest BCUT2D eigenvalue weighted by atomic mass is 9.99. The zero-order valence-electron chi connectivity index (χ0n) is 13.0. The summed E-state index contributed by atoms with van der Waals surface area (Å²) in [6.07, 6.45) is 2.99. The second-order valence-electron chi connectivity index (χ2n) is 5.45. The predicted octanol–water partition coefficient (Wildman–Crippen LogP) is 1.84. The molecule has 0 saturated carbocycles. The Morgan fingerprint density at radius 3 is 2.60 bits per heavy atom. The Bertz CT molecular complexity index is 465. The maximum atomic E-state index is 12.0. The average molecular weight is 281 g/mol. The number of aliphatic hydroxyl groups excluding tert-OH is 1. The van der Waals surface area contributed by atoms with E-state index in [0.717, 1.165) is 31.5 Å². The number of H-pyrrole nitrogens is 1. The molecule has 1 heterocycles. The molecule has 0 bridgehead atoms. The molecule has 0 amide bonds. The van der Waals surface area contributed by atoms with Crippen LogP contribution in [0.5, 0.6) is 0 Å². The van der Waals surface area contributed by atoms with Gasteiger partial charge in [0.25, 0.3) is 5.56 Å². The number of aliphatic hydroxyl groups is 1. The number of hydrogen-bond donors (Lipinski definition) is 3. The van der Waals surface area contributed by atoms with Crippen LogP contribution in [0, 0.1) is 19.8 Å². The van der Waals surface area contributed by atoms with Crippen LogP contribution in [0.1, 0.15) is 56.2 Å². The maximum absolute atomic E-state index is 12.0. The first-order chi connectivity index (χ1) is 9.49. The van der Waals surface area contributed by atoms with Gasteiger partial charge in [0.2, 0.25) is 0 Å². The van der Waals surface area contributed by atoms with Crippen LogP contribution in [0.3, 0.4) is 0 Å². The highest BCUT2D eigenvalue weighted by atomic mass is 16.3. The van der Waals surface area contributed by atoms with Gasteiger partial charge in [0.1, 0.15) is 5.82 Å². The van der Waals surface area contributed by atoms with Gasteiger partial charge in [-0.05, 0) is 46.1 Å². The lowest BCUT2D eigenvalue weighted by molar-refractivity contribution is 0.245. The van der Waals surface area contributed by atoms with E-state index in [1.54, 1.807) is 6.92 Å². The lowest BCUT2D eigenvalue weighted by Crippen LogP contribution is -2.31. The molecule has 0 spiro atoms. The minimum absolute atomic E-state index is 0.0371. The molecule has 0 fully saturated rings. The molecule has 0 radical (unpaired) electrons. The van der Waals surface area contributed by atoms with Gasteiger partial charge in [0.05, 0.1) is 5.56 Å². The molecule has 2 atom stereocenters. The first-order valence-corrected chi connectivity index (χ1v) is 7.41. The normalized spacial score (nSPS) is 14.2. The van der Waals surface area contributed by atoms with E-state index in [4.69, 9.17) is 5.11 Å². The maximum Gasteiger partial charge on any atom is 0.255 e. The van der Waals surface area contributed by atoms with E-state index in [2.05, 4.69) is 22.2 Å². The molecule has 0 saturated heterocycles. The molecule has 0 aliphatic heterocycles. The zero-order valence-corrected chi connectivity index (χ0v) is 13.0. The quantitative estimate of drug-likeness (QED) is 0.679. The van der Waals surface area contributed by atoms with E-state index in [9.17, 15) is 4.79 Å². The third kappa shape index (κ3) is 4.72. The Morgan fingerprint density at radius 2 is 2.05 bits per heavy atom. The molecule has 20 heavy (non-hydrogen) atoms. The summed E-state index contributed by atoms with van der Waals surface area (Å²) in [7, 11) is 0. The van der Waals surface area contributed by atoms with Crippen LogP contribution in [-0.4, -0.2) is 28.2 Å². The molecule has 3 N–H and O–H groups in total. The number of aromatic nitrogens is 2. The van der Waals surface area contributed by atoms with Gasteiger partial charge in [-0.15, -0.1) is 0 Å². The minimum Gasteiger partial charge on any atom is -0.396 e. The molecule has 0 aliphatic carbocycles. The number of nitrogens with zero attached hydrogens (tertiary/aromatic N) is 1. The van der Waals surface area contributed by atoms with Crippen LogP contribution >= 0.6 is 0 Å². The summed E-state index contributed by atoms with van der Waals surface area (Å²) < 4.78 is 0. The second kappa shape index (κ2) is 8.17. The van der Waals surface area contributed by atoms with Crippen LogP contribution in [-0.2, 0) is 0 Å². The molecule has 1 aromatic heterocycles. The molecule has 1 aromatic rings. The Hall–Kier alpha value is -1.20. The van der Waals surface area contributed by atoms with Crippen molar-refractivity contribution in [1.29, 1.82) is 0 Å². The topological polar surface area (TPSA) is 78.0 Å². The van der Waals surface area contributed by atoms with Crippen LogP contribution < -0.4 is 10.9 Å². The number of nitrogens with one attached hydrogen (secondary N) is 2. The largest absolute Gasteiger partial charge is 0.396 e. The van der Waals surface area contributed by atoms with E-state index in [0.29, 0.717) is 17.3 Å². The van der Waals surface area contributed by atoms with Crippen molar-refractivity contribution < 1.29 is 5.11 Å². The Labute approximate surface area is 120 Å². The van der Waals surface area contributed by atoms with Gasteiger partial charge in [-0.2, -0.15) is 0 Å². The Balaban J connectivity index is 2.71. The van der Waals surface area contributed by atoms with Gasteiger partial charge >= 0.3 is 0 Å². The average Bonchev–Trinajstić information content (AvgIpc) is 2.35. The van der Waals surface area contributed by atoms with Gasteiger partial charge in [-0.1, -0.05) is 13.3 Å². The van der Waals surface area contributed by atoms with Gasteiger partial charge in [-0.3, -0.25) is 4.79 Å². The second-order valence-corrected chi connectivity index (χ2v) is 5.45. The van der Waals surface area contributed by atoms with E-state index in [1.165, 1.54) is 0 Å². The van der Waals surface area contributed by atoms with Crippen LogP contribution in [0.25, 0.3) is 0 Å². The van der Waals surface area contributed by atoms with Crippen molar-refractivity contribution in [2.75, 3.05) is 13.2 Å². The van der Waals surface area contributed by atoms with Crippen molar-refractivity contribution >= 4 is 0 Å². The first kappa shape index (κ1) is 16.9.